The van der Waals surface area contributed by atoms with Crippen molar-refractivity contribution in [3.8, 4) is 0 Å². The number of rotatable bonds is 10. The van der Waals surface area contributed by atoms with Gasteiger partial charge in [0, 0.05) is 25.6 Å². The van der Waals surface area contributed by atoms with Gasteiger partial charge in [0.1, 0.15) is 17.1 Å². The number of benzene rings is 2. The highest BCUT2D eigenvalue weighted by Crippen LogP contribution is 2.39. The average molecular weight is 531 g/mol. The summed E-state index contributed by atoms with van der Waals surface area (Å²) in [5, 5.41) is 18.1. The summed E-state index contributed by atoms with van der Waals surface area (Å²) in [5.74, 6) is 1.37. The zero-order valence-electron chi connectivity index (χ0n) is 23.0. The molecule has 3 aliphatic rings. The molecule has 1 aromatic heterocycles. The summed E-state index contributed by atoms with van der Waals surface area (Å²) >= 11 is 0. The van der Waals surface area contributed by atoms with Gasteiger partial charge in [-0.1, -0.05) is 55.7 Å². The van der Waals surface area contributed by atoms with Crippen molar-refractivity contribution >= 4 is 17.0 Å². The van der Waals surface area contributed by atoms with Crippen LogP contribution in [0.3, 0.4) is 0 Å². The first kappa shape index (κ1) is 26.5. The molecule has 7 nitrogen and oxygen atoms in total. The molecular formula is C32H42N4O3. The number of carboxylic acids is 1. The van der Waals surface area contributed by atoms with Crippen LogP contribution in [0.25, 0.3) is 11.0 Å². The predicted molar refractivity (Wildman–Crippen MR) is 152 cm³/mol. The quantitative estimate of drug-likeness (QED) is 0.364. The zero-order valence-corrected chi connectivity index (χ0v) is 23.0. The zero-order chi connectivity index (χ0) is 26.6. The van der Waals surface area contributed by atoms with Gasteiger partial charge in [0.05, 0.1) is 0 Å². The summed E-state index contributed by atoms with van der Waals surface area (Å²) in [6.45, 7) is 5.16. The first-order chi connectivity index (χ1) is 19.1. The van der Waals surface area contributed by atoms with Crippen LogP contribution < -0.4 is 0 Å². The molecule has 3 fully saturated rings. The molecule has 6 rings (SSSR count). The van der Waals surface area contributed by atoms with E-state index in [0.717, 1.165) is 68.9 Å². The number of aromatic nitrogens is 2. The van der Waals surface area contributed by atoms with Crippen LogP contribution in [0.5, 0.6) is 0 Å². The third-order valence-corrected chi connectivity index (χ3v) is 9.79. The van der Waals surface area contributed by atoms with Crippen LogP contribution in [0, 0.1) is 17.8 Å². The minimum absolute atomic E-state index is 0.308. The Morgan fingerprint density at radius 3 is 2.51 bits per heavy atom. The molecule has 2 aliphatic heterocycles. The third kappa shape index (κ3) is 6.20. The highest BCUT2D eigenvalue weighted by molar-refractivity contribution is 5.74. The van der Waals surface area contributed by atoms with Crippen molar-refractivity contribution in [3.63, 3.8) is 0 Å². The molecule has 3 unspecified atom stereocenters. The van der Waals surface area contributed by atoms with E-state index in [0.29, 0.717) is 17.8 Å². The number of carbonyl (C=O) groups is 1. The number of piperidine rings is 1. The summed E-state index contributed by atoms with van der Waals surface area (Å²) in [4.78, 5) is 17.4. The number of fused-ring (bicyclic) bond motifs is 1. The van der Waals surface area contributed by atoms with E-state index in [9.17, 15) is 9.90 Å². The Morgan fingerprint density at radius 2 is 1.74 bits per heavy atom. The standard InChI is InChI=1S/C32H42N4O3/c37-32(38)31(26-11-4-5-12-26)36-21-27(28(22-36)25-9-2-1-3-10-25)20-35-17-15-23(16-18-35)7-6-8-24-13-14-29-30(19-24)34-39-33-29/h1-3,9-10,13-14,19,23,26-28,31H,4-8,11-12,15-18,20-22H2,(H,37,38). The van der Waals surface area contributed by atoms with Crippen LogP contribution in [-0.2, 0) is 11.2 Å². The van der Waals surface area contributed by atoms with Crippen molar-refractivity contribution in [3.05, 3.63) is 59.7 Å². The first-order valence-corrected chi connectivity index (χ1v) is 15.1. The van der Waals surface area contributed by atoms with Crippen LogP contribution in [0.4, 0.5) is 0 Å². The molecule has 39 heavy (non-hydrogen) atoms. The topological polar surface area (TPSA) is 82.7 Å². The van der Waals surface area contributed by atoms with Gasteiger partial charge in [-0.3, -0.25) is 9.69 Å². The minimum atomic E-state index is -0.618. The van der Waals surface area contributed by atoms with E-state index in [-0.39, 0.29) is 6.04 Å². The summed E-state index contributed by atoms with van der Waals surface area (Å²) in [6, 6.07) is 16.8. The van der Waals surface area contributed by atoms with E-state index in [4.69, 9.17) is 4.63 Å². The average Bonchev–Trinajstić information content (AvgIpc) is 3.72. The first-order valence-electron chi connectivity index (χ1n) is 15.1. The van der Waals surface area contributed by atoms with Crippen molar-refractivity contribution in [2.75, 3.05) is 32.7 Å². The summed E-state index contributed by atoms with van der Waals surface area (Å²) in [5.41, 5.74) is 4.35. The Kier molecular flexibility index (Phi) is 8.26. The second-order valence-electron chi connectivity index (χ2n) is 12.3. The fraction of sp³-hybridized carbons (Fsp3) is 0.594. The number of hydrogen-bond donors (Lipinski definition) is 1. The maximum absolute atomic E-state index is 12.4. The highest BCUT2D eigenvalue weighted by atomic mass is 16.6. The Morgan fingerprint density at radius 1 is 0.974 bits per heavy atom. The van der Waals surface area contributed by atoms with Gasteiger partial charge in [-0.2, -0.15) is 0 Å². The molecule has 3 aromatic rings. The van der Waals surface area contributed by atoms with Crippen LogP contribution >= 0.6 is 0 Å². The van der Waals surface area contributed by atoms with E-state index in [1.807, 2.05) is 6.07 Å². The molecule has 1 aliphatic carbocycles. The lowest BCUT2D eigenvalue weighted by molar-refractivity contribution is -0.145. The molecule has 3 heterocycles. The van der Waals surface area contributed by atoms with E-state index >= 15 is 0 Å². The van der Waals surface area contributed by atoms with Gasteiger partial charge in [0.2, 0.25) is 0 Å². The second-order valence-corrected chi connectivity index (χ2v) is 12.3. The second kappa shape index (κ2) is 12.2. The van der Waals surface area contributed by atoms with Gasteiger partial charge in [-0.05, 0) is 103 Å². The van der Waals surface area contributed by atoms with E-state index in [1.165, 1.54) is 49.7 Å². The molecule has 2 aromatic carbocycles. The minimum Gasteiger partial charge on any atom is -0.480 e. The van der Waals surface area contributed by atoms with Crippen LogP contribution in [0.2, 0.25) is 0 Å². The molecule has 208 valence electrons. The lowest BCUT2D eigenvalue weighted by Gasteiger charge is -2.35. The monoisotopic (exact) mass is 530 g/mol. The van der Waals surface area contributed by atoms with Crippen molar-refractivity contribution in [1.29, 1.82) is 0 Å². The van der Waals surface area contributed by atoms with Gasteiger partial charge < -0.3 is 10.0 Å². The Bertz CT molecular complexity index is 1220. The molecule has 2 saturated heterocycles. The molecular weight excluding hydrogens is 488 g/mol. The van der Waals surface area contributed by atoms with E-state index in [2.05, 4.69) is 62.6 Å². The van der Waals surface area contributed by atoms with E-state index < -0.39 is 5.97 Å². The molecule has 1 saturated carbocycles. The van der Waals surface area contributed by atoms with Crippen LogP contribution in [-0.4, -0.2) is 70.0 Å². The van der Waals surface area contributed by atoms with Gasteiger partial charge in [0.15, 0.2) is 0 Å². The molecule has 0 amide bonds. The van der Waals surface area contributed by atoms with Crippen molar-refractivity contribution in [2.24, 2.45) is 17.8 Å². The van der Waals surface area contributed by atoms with Crippen molar-refractivity contribution in [1.82, 2.24) is 20.1 Å². The largest absolute Gasteiger partial charge is 0.480 e. The van der Waals surface area contributed by atoms with Gasteiger partial charge in [0.25, 0.3) is 0 Å². The smallest absolute Gasteiger partial charge is 0.321 e. The third-order valence-electron chi connectivity index (χ3n) is 9.79. The molecule has 1 N–H and O–H groups in total. The highest BCUT2D eigenvalue weighted by Gasteiger charge is 2.43. The van der Waals surface area contributed by atoms with Gasteiger partial charge in [-0.25, -0.2) is 4.63 Å². The molecule has 0 radical (unpaired) electrons. The molecule has 0 spiro atoms. The van der Waals surface area contributed by atoms with Gasteiger partial charge in [-0.15, -0.1) is 0 Å². The lowest BCUT2D eigenvalue weighted by Crippen LogP contribution is -2.45. The molecule has 3 atom stereocenters. The summed E-state index contributed by atoms with van der Waals surface area (Å²) < 4.78 is 4.83. The maximum atomic E-state index is 12.4. The lowest BCUT2D eigenvalue weighted by atomic mass is 9.87. The summed E-state index contributed by atoms with van der Waals surface area (Å²) in [7, 11) is 0. The number of carboxylic acid groups (broad SMARTS) is 1. The Labute approximate surface area is 231 Å². The van der Waals surface area contributed by atoms with Crippen LogP contribution in [0.1, 0.15) is 68.4 Å². The van der Waals surface area contributed by atoms with Crippen molar-refractivity contribution < 1.29 is 14.5 Å². The Hall–Kier alpha value is -2.77. The Balaban J connectivity index is 1.03. The maximum Gasteiger partial charge on any atom is 0.321 e. The molecule has 7 heteroatoms. The predicted octanol–water partition coefficient (Wildman–Crippen LogP) is 5.62. The number of aryl methyl sites for hydroxylation is 1. The van der Waals surface area contributed by atoms with Crippen molar-refractivity contribution in [2.45, 2.75) is 69.7 Å². The number of likely N-dealkylation sites (tertiary alicyclic amines) is 2. The number of nitrogens with zero attached hydrogens (tertiary/aromatic N) is 4. The fourth-order valence-corrected chi connectivity index (χ4v) is 7.69. The fourth-order valence-electron chi connectivity index (χ4n) is 7.69. The van der Waals surface area contributed by atoms with Crippen LogP contribution in [0.15, 0.2) is 53.2 Å². The number of aliphatic carboxylic acids is 1. The SMILES string of the molecule is O=C(O)C(C1CCCC1)N1CC(CN2CCC(CCCc3ccc4nonc4c3)CC2)C(c2ccccc2)C1. The summed E-state index contributed by atoms with van der Waals surface area (Å²) in [6.07, 6.45) is 10.6. The number of hydrogen-bond acceptors (Lipinski definition) is 6. The van der Waals surface area contributed by atoms with Gasteiger partial charge >= 0.3 is 5.97 Å². The molecule has 0 bridgehead atoms. The van der Waals surface area contributed by atoms with E-state index in [1.54, 1.807) is 0 Å². The normalized spacial score (nSPS) is 24.5.